The van der Waals surface area contributed by atoms with Gasteiger partial charge in [0.15, 0.2) is 0 Å². The summed E-state index contributed by atoms with van der Waals surface area (Å²) >= 11 is 0. The quantitative estimate of drug-likeness (QED) is 0.898. The molecule has 1 fully saturated rings. The van der Waals surface area contributed by atoms with Crippen LogP contribution in [-0.2, 0) is 17.4 Å². The molecule has 0 radical (unpaired) electrons. The minimum absolute atomic E-state index is 0.119. The summed E-state index contributed by atoms with van der Waals surface area (Å²) in [5, 5.41) is 12.2. The van der Waals surface area contributed by atoms with E-state index in [1.165, 1.54) is 12.1 Å². The van der Waals surface area contributed by atoms with E-state index in [9.17, 15) is 23.1 Å². The molecule has 1 aliphatic rings. The molecule has 0 aromatic heterocycles. The van der Waals surface area contributed by atoms with Gasteiger partial charge < -0.3 is 10.4 Å². The number of hydrogen-bond donors (Lipinski definition) is 2. The van der Waals surface area contributed by atoms with Crippen molar-refractivity contribution in [2.45, 2.75) is 43.8 Å². The molecule has 21 heavy (non-hydrogen) atoms. The third-order valence-electron chi connectivity index (χ3n) is 3.89. The molecule has 2 rings (SSSR count). The molecule has 0 spiro atoms. The van der Waals surface area contributed by atoms with Crippen molar-refractivity contribution in [3.8, 4) is 0 Å². The summed E-state index contributed by atoms with van der Waals surface area (Å²) in [6.45, 7) is -0.138. The summed E-state index contributed by atoms with van der Waals surface area (Å²) < 4.78 is 37.8. The zero-order chi connectivity index (χ0) is 15.5. The monoisotopic (exact) mass is 301 g/mol. The molecule has 2 N–H and O–H groups in total. The van der Waals surface area contributed by atoms with Gasteiger partial charge in [0.05, 0.1) is 24.1 Å². The Kier molecular flexibility index (Phi) is 4.56. The molecule has 0 saturated heterocycles. The number of hydrogen-bond acceptors (Lipinski definition) is 2. The van der Waals surface area contributed by atoms with Crippen molar-refractivity contribution in [2.75, 3.05) is 6.61 Å². The molecule has 0 unspecified atom stereocenters. The van der Waals surface area contributed by atoms with Gasteiger partial charge in [0, 0.05) is 0 Å². The second kappa shape index (κ2) is 6.05. The number of carbonyl (C=O) groups is 1. The van der Waals surface area contributed by atoms with Crippen LogP contribution in [0.2, 0.25) is 0 Å². The van der Waals surface area contributed by atoms with Crippen molar-refractivity contribution < 1.29 is 23.1 Å². The predicted molar refractivity (Wildman–Crippen MR) is 71.6 cm³/mol. The van der Waals surface area contributed by atoms with E-state index < -0.39 is 17.3 Å². The minimum Gasteiger partial charge on any atom is -0.394 e. The normalized spacial score (nSPS) is 17.7. The van der Waals surface area contributed by atoms with Crippen molar-refractivity contribution in [1.82, 2.24) is 5.32 Å². The average molecular weight is 301 g/mol. The maximum absolute atomic E-state index is 12.6. The minimum atomic E-state index is -4.41. The van der Waals surface area contributed by atoms with Gasteiger partial charge in [-0.2, -0.15) is 13.2 Å². The maximum atomic E-state index is 12.6. The lowest BCUT2D eigenvalue weighted by atomic mass is 9.98. The highest BCUT2D eigenvalue weighted by atomic mass is 19.4. The smallest absolute Gasteiger partial charge is 0.394 e. The van der Waals surface area contributed by atoms with Gasteiger partial charge in [-0.15, -0.1) is 0 Å². The Bertz CT molecular complexity index is 508. The Hall–Kier alpha value is -1.56. The molecule has 6 heteroatoms. The standard InChI is InChI=1S/C15H18F3NO2/c16-15(17,18)12-5-3-4-11(8-12)9-13(21)19-14(10-20)6-1-2-7-14/h3-5,8,20H,1-2,6-7,9-10H2,(H,19,21). The number of alkyl halides is 3. The molecular weight excluding hydrogens is 283 g/mol. The van der Waals surface area contributed by atoms with Gasteiger partial charge in [0.2, 0.25) is 5.91 Å². The molecule has 1 aromatic carbocycles. The van der Waals surface area contributed by atoms with Crippen molar-refractivity contribution in [1.29, 1.82) is 0 Å². The summed E-state index contributed by atoms with van der Waals surface area (Å²) in [7, 11) is 0. The lowest BCUT2D eigenvalue weighted by Crippen LogP contribution is -2.49. The zero-order valence-corrected chi connectivity index (χ0v) is 11.5. The van der Waals surface area contributed by atoms with E-state index in [-0.39, 0.29) is 18.9 Å². The van der Waals surface area contributed by atoms with Crippen molar-refractivity contribution >= 4 is 5.91 Å². The molecule has 0 bridgehead atoms. The summed E-state index contributed by atoms with van der Waals surface area (Å²) in [6, 6.07) is 4.76. The van der Waals surface area contributed by atoms with Gasteiger partial charge in [-0.1, -0.05) is 31.0 Å². The lowest BCUT2D eigenvalue weighted by molar-refractivity contribution is -0.137. The number of halogens is 3. The first-order chi connectivity index (χ1) is 9.85. The molecule has 116 valence electrons. The fourth-order valence-corrected chi connectivity index (χ4v) is 2.76. The fourth-order valence-electron chi connectivity index (χ4n) is 2.76. The molecule has 0 heterocycles. The van der Waals surface area contributed by atoms with Gasteiger partial charge in [0.1, 0.15) is 0 Å². The summed E-state index contributed by atoms with van der Waals surface area (Å²) in [4.78, 5) is 12.0. The van der Waals surface area contributed by atoms with Gasteiger partial charge in [-0.05, 0) is 24.5 Å². The molecule has 3 nitrogen and oxygen atoms in total. The number of aliphatic hydroxyl groups is 1. The Labute approximate surface area is 121 Å². The van der Waals surface area contributed by atoms with Gasteiger partial charge >= 0.3 is 6.18 Å². The third kappa shape index (κ3) is 3.97. The number of carbonyl (C=O) groups excluding carboxylic acids is 1. The van der Waals surface area contributed by atoms with E-state index >= 15 is 0 Å². The largest absolute Gasteiger partial charge is 0.416 e. The summed E-state index contributed by atoms with van der Waals surface area (Å²) in [5.41, 5.74) is -1.04. The van der Waals surface area contributed by atoms with Crippen molar-refractivity contribution in [3.05, 3.63) is 35.4 Å². The van der Waals surface area contributed by atoms with E-state index in [0.29, 0.717) is 18.4 Å². The van der Waals surface area contributed by atoms with Crippen LogP contribution in [0.15, 0.2) is 24.3 Å². The topological polar surface area (TPSA) is 49.3 Å². The molecule has 0 atom stereocenters. The maximum Gasteiger partial charge on any atom is 0.416 e. The highest BCUT2D eigenvalue weighted by Gasteiger charge is 2.35. The SMILES string of the molecule is O=C(Cc1cccc(C(F)(F)F)c1)NC1(CO)CCCC1. The fraction of sp³-hybridized carbons (Fsp3) is 0.533. The Balaban J connectivity index is 2.03. The third-order valence-corrected chi connectivity index (χ3v) is 3.89. The highest BCUT2D eigenvalue weighted by molar-refractivity contribution is 5.79. The number of nitrogens with one attached hydrogen (secondary N) is 1. The second-order valence-corrected chi connectivity index (χ2v) is 5.57. The Morgan fingerprint density at radius 2 is 1.95 bits per heavy atom. The van der Waals surface area contributed by atoms with Crippen LogP contribution >= 0.6 is 0 Å². The number of benzene rings is 1. The van der Waals surface area contributed by atoms with Crippen LogP contribution in [0.4, 0.5) is 13.2 Å². The molecule has 1 saturated carbocycles. The van der Waals surface area contributed by atoms with Crippen LogP contribution in [-0.4, -0.2) is 23.2 Å². The summed E-state index contributed by atoms with van der Waals surface area (Å²) in [6.07, 6.45) is -1.25. The van der Waals surface area contributed by atoms with E-state index in [4.69, 9.17) is 0 Å². The Morgan fingerprint density at radius 3 is 2.52 bits per heavy atom. The lowest BCUT2D eigenvalue weighted by Gasteiger charge is -2.28. The first-order valence-corrected chi connectivity index (χ1v) is 6.93. The van der Waals surface area contributed by atoms with Gasteiger partial charge in [-0.25, -0.2) is 0 Å². The predicted octanol–water partition coefficient (Wildman–Crippen LogP) is 2.67. The zero-order valence-electron chi connectivity index (χ0n) is 11.5. The van der Waals surface area contributed by atoms with E-state index in [0.717, 1.165) is 25.0 Å². The van der Waals surface area contributed by atoms with Crippen LogP contribution < -0.4 is 5.32 Å². The molecule has 1 aliphatic carbocycles. The first-order valence-electron chi connectivity index (χ1n) is 6.93. The highest BCUT2D eigenvalue weighted by Crippen LogP contribution is 2.30. The van der Waals surface area contributed by atoms with E-state index in [1.54, 1.807) is 0 Å². The van der Waals surface area contributed by atoms with Crippen LogP contribution in [0.1, 0.15) is 36.8 Å². The molecule has 1 aromatic rings. The van der Waals surface area contributed by atoms with Crippen molar-refractivity contribution in [2.24, 2.45) is 0 Å². The second-order valence-electron chi connectivity index (χ2n) is 5.57. The molecule has 1 amide bonds. The van der Waals surface area contributed by atoms with Crippen LogP contribution in [0, 0.1) is 0 Å². The van der Waals surface area contributed by atoms with E-state index in [2.05, 4.69) is 5.32 Å². The molecule has 0 aliphatic heterocycles. The van der Waals surface area contributed by atoms with Crippen LogP contribution in [0.5, 0.6) is 0 Å². The number of amides is 1. The number of rotatable bonds is 4. The van der Waals surface area contributed by atoms with Gasteiger partial charge in [0.25, 0.3) is 0 Å². The van der Waals surface area contributed by atoms with E-state index in [1.807, 2.05) is 0 Å². The van der Waals surface area contributed by atoms with Crippen molar-refractivity contribution in [3.63, 3.8) is 0 Å². The first kappa shape index (κ1) is 15.8. The van der Waals surface area contributed by atoms with Gasteiger partial charge in [-0.3, -0.25) is 4.79 Å². The van der Waals surface area contributed by atoms with Crippen LogP contribution in [0.25, 0.3) is 0 Å². The Morgan fingerprint density at radius 1 is 1.29 bits per heavy atom. The summed E-state index contributed by atoms with van der Waals surface area (Å²) in [5.74, 6) is -0.356. The van der Waals surface area contributed by atoms with Crippen LogP contribution in [0.3, 0.4) is 0 Å². The average Bonchev–Trinajstić information content (AvgIpc) is 2.87. The number of aliphatic hydroxyl groups excluding tert-OH is 1. The molecular formula is C15H18F3NO2.